The van der Waals surface area contributed by atoms with E-state index in [9.17, 15) is 18.8 Å². The lowest BCUT2D eigenvalue weighted by molar-refractivity contribution is -0.123. The predicted molar refractivity (Wildman–Crippen MR) is 99.6 cm³/mol. The van der Waals surface area contributed by atoms with Crippen LogP contribution in [0.3, 0.4) is 0 Å². The normalized spacial score (nSPS) is 12.0. The zero-order valence-corrected chi connectivity index (χ0v) is 15.6. The molecule has 0 aliphatic heterocycles. The second-order valence-electron chi connectivity index (χ2n) is 5.93. The Hall–Kier alpha value is -3.07. The first-order valence-corrected chi connectivity index (χ1v) is 8.85. The van der Waals surface area contributed by atoms with Gasteiger partial charge in [-0.1, -0.05) is 6.07 Å². The van der Waals surface area contributed by atoms with Crippen LogP contribution in [0.2, 0.25) is 0 Å². The summed E-state index contributed by atoms with van der Waals surface area (Å²) in [5.74, 6) is -1.38. The van der Waals surface area contributed by atoms with Gasteiger partial charge in [-0.2, -0.15) is 0 Å². The van der Waals surface area contributed by atoms with Crippen LogP contribution in [-0.4, -0.2) is 27.9 Å². The number of hydrogen-bond donors (Lipinski definition) is 2. The van der Waals surface area contributed by atoms with Gasteiger partial charge in [0.2, 0.25) is 0 Å². The number of ether oxygens (including phenoxy) is 1. The summed E-state index contributed by atoms with van der Waals surface area (Å²) < 4.78 is 18.4. The number of nitrogens with one attached hydrogen (secondary N) is 2. The number of esters is 1. The van der Waals surface area contributed by atoms with E-state index in [1.807, 2.05) is 0 Å². The minimum atomic E-state index is -1.11. The number of aromatic nitrogens is 2. The van der Waals surface area contributed by atoms with Crippen molar-refractivity contribution in [3.63, 3.8) is 0 Å². The highest BCUT2D eigenvalue weighted by Gasteiger charge is 2.24. The van der Waals surface area contributed by atoms with E-state index in [4.69, 9.17) is 4.74 Å². The van der Waals surface area contributed by atoms with Gasteiger partial charge in [-0.15, -0.1) is 11.3 Å². The van der Waals surface area contributed by atoms with E-state index in [0.717, 1.165) is 17.4 Å². The van der Waals surface area contributed by atoms with Crippen molar-refractivity contribution in [1.82, 2.24) is 9.97 Å². The van der Waals surface area contributed by atoms with Gasteiger partial charge >= 0.3 is 5.97 Å². The number of aromatic amines is 1. The molecular formula is C18H16FN3O4S. The Morgan fingerprint density at radius 3 is 2.78 bits per heavy atom. The third-order valence-corrected chi connectivity index (χ3v) is 5.02. The summed E-state index contributed by atoms with van der Waals surface area (Å²) in [5, 5.41) is 2.81. The average molecular weight is 389 g/mol. The number of halogens is 1. The molecule has 0 saturated heterocycles. The van der Waals surface area contributed by atoms with Crippen molar-refractivity contribution in [2.75, 3.05) is 5.32 Å². The molecule has 27 heavy (non-hydrogen) atoms. The monoisotopic (exact) mass is 389 g/mol. The van der Waals surface area contributed by atoms with Gasteiger partial charge < -0.3 is 15.0 Å². The first kappa shape index (κ1) is 18.7. The number of carbonyl (C=O) groups excluding carboxylic acids is 2. The molecule has 0 saturated carbocycles. The molecule has 0 aliphatic carbocycles. The fraction of sp³-hybridized carbons (Fsp3) is 0.222. The van der Waals surface area contributed by atoms with Crippen molar-refractivity contribution in [3.8, 4) is 0 Å². The highest BCUT2D eigenvalue weighted by Crippen LogP contribution is 2.28. The molecule has 2 aromatic heterocycles. The van der Waals surface area contributed by atoms with Gasteiger partial charge in [0.15, 0.2) is 6.10 Å². The number of thiophene rings is 1. The molecule has 0 fully saturated rings. The average Bonchev–Trinajstić information content (AvgIpc) is 2.91. The molecule has 140 valence electrons. The molecule has 9 heteroatoms. The van der Waals surface area contributed by atoms with Crippen molar-refractivity contribution < 1.29 is 18.7 Å². The second kappa shape index (κ2) is 7.28. The smallest absolute Gasteiger partial charge is 0.349 e. The van der Waals surface area contributed by atoms with Gasteiger partial charge in [0.05, 0.1) is 5.39 Å². The molecule has 0 spiro atoms. The third-order valence-electron chi connectivity index (χ3n) is 3.85. The van der Waals surface area contributed by atoms with Gasteiger partial charge in [0.25, 0.3) is 11.5 Å². The van der Waals surface area contributed by atoms with Crippen LogP contribution in [0.25, 0.3) is 10.2 Å². The minimum absolute atomic E-state index is 0.207. The standard InChI is InChI=1S/C18H16FN3O4S/c1-8-13-16(24)20-10(3)21-17(13)27-14(8)18(25)26-9(2)15(23)22-12-6-4-5-11(19)7-12/h4-7,9H,1-3H3,(H,22,23)(H,20,21,24)/t9-/m1/s1. The molecule has 0 unspecified atom stereocenters. The van der Waals surface area contributed by atoms with E-state index < -0.39 is 23.8 Å². The van der Waals surface area contributed by atoms with Gasteiger partial charge in [0, 0.05) is 5.69 Å². The van der Waals surface area contributed by atoms with Crippen LogP contribution in [0.5, 0.6) is 0 Å². The van der Waals surface area contributed by atoms with E-state index in [1.54, 1.807) is 13.8 Å². The zero-order valence-electron chi connectivity index (χ0n) is 14.8. The maximum Gasteiger partial charge on any atom is 0.349 e. The number of carbonyl (C=O) groups is 2. The molecule has 3 aromatic rings. The molecule has 0 aliphatic rings. The number of H-pyrrole nitrogens is 1. The Morgan fingerprint density at radius 1 is 1.33 bits per heavy atom. The van der Waals surface area contributed by atoms with Crippen molar-refractivity contribution in [3.05, 3.63) is 56.7 Å². The maximum atomic E-state index is 13.2. The maximum absolute atomic E-state index is 13.2. The van der Waals surface area contributed by atoms with Crippen molar-refractivity contribution in [2.45, 2.75) is 26.9 Å². The first-order valence-electron chi connectivity index (χ1n) is 8.03. The van der Waals surface area contributed by atoms with Gasteiger partial charge in [-0.25, -0.2) is 14.2 Å². The van der Waals surface area contributed by atoms with Gasteiger partial charge in [0.1, 0.15) is 21.3 Å². The Balaban J connectivity index is 1.77. The molecule has 2 N–H and O–H groups in total. The summed E-state index contributed by atoms with van der Waals surface area (Å²) in [6.07, 6.45) is -1.11. The number of rotatable bonds is 4. The number of benzene rings is 1. The number of aryl methyl sites for hydroxylation is 2. The minimum Gasteiger partial charge on any atom is -0.448 e. The number of hydrogen-bond acceptors (Lipinski definition) is 6. The molecule has 1 aromatic carbocycles. The highest BCUT2D eigenvalue weighted by atomic mass is 32.1. The van der Waals surface area contributed by atoms with E-state index in [1.165, 1.54) is 25.1 Å². The van der Waals surface area contributed by atoms with Gasteiger partial charge in [-0.05, 0) is 44.5 Å². The lowest BCUT2D eigenvalue weighted by atomic mass is 10.2. The second-order valence-corrected chi connectivity index (χ2v) is 6.93. The number of anilines is 1. The first-order chi connectivity index (χ1) is 12.8. The number of nitrogens with zero attached hydrogens (tertiary/aromatic N) is 1. The van der Waals surface area contributed by atoms with Crippen LogP contribution in [0.15, 0.2) is 29.1 Å². The Kier molecular flexibility index (Phi) is 5.04. The van der Waals surface area contributed by atoms with Gasteiger partial charge in [-0.3, -0.25) is 9.59 Å². The van der Waals surface area contributed by atoms with E-state index in [0.29, 0.717) is 21.6 Å². The lowest BCUT2D eigenvalue weighted by Gasteiger charge is -2.13. The molecule has 1 amide bonds. The van der Waals surface area contributed by atoms with Crippen LogP contribution < -0.4 is 10.9 Å². The molecule has 2 heterocycles. The van der Waals surface area contributed by atoms with Crippen LogP contribution in [-0.2, 0) is 9.53 Å². The van der Waals surface area contributed by atoms with Crippen LogP contribution in [0.4, 0.5) is 10.1 Å². The van der Waals surface area contributed by atoms with E-state index in [-0.39, 0.29) is 16.1 Å². The largest absolute Gasteiger partial charge is 0.448 e. The van der Waals surface area contributed by atoms with Crippen molar-refractivity contribution in [2.24, 2.45) is 0 Å². The Labute approximate surface area is 157 Å². The van der Waals surface area contributed by atoms with Crippen LogP contribution >= 0.6 is 11.3 Å². The lowest BCUT2D eigenvalue weighted by Crippen LogP contribution is -2.30. The Bertz CT molecular complexity index is 1110. The number of fused-ring (bicyclic) bond motifs is 1. The fourth-order valence-electron chi connectivity index (χ4n) is 2.52. The molecule has 0 radical (unpaired) electrons. The highest BCUT2D eigenvalue weighted by molar-refractivity contribution is 7.20. The zero-order chi connectivity index (χ0) is 19.7. The summed E-state index contributed by atoms with van der Waals surface area (Å²) in [4.78, 5) is 44.2. The quantitative estimate of drug-likeness (QED) is 0.668. The molecular weight excluding hydrogens is 373 g/mol. The predicted octanol–water partition coefficient (Wildman–Crippen LogP) is 2.92. The number of amides is 1. The summed E-state index contributed by atoms with van der Waals surface area (Å²) in [7, 11) is 0. The topological polar surface area (TPSA) is 101 Å². The molecule has 3 rings (SSSR count). The van der Waals surface area contributed by atoms with Crippen molar-refractivity contribution in [1.29, 1.82) is 0 Å². The Morgan fingerprint density at radius 2 is 2.07 bits per heavy atom. The SMILES string of the molecule is Cc1nc2sc(C(=O)O[C@H](C)C(=O)Nc3cccc(F)c3)c(C)c2c(=O)[nH]1. The summed E-state index contributed by atoms with van der Waals surface area (Å²) in [6, 6.07) is 5.38. The van der Waals surface area contributed by atoms with E-state index >= 15 is 0 Å². The summed E-state index contributed by atoms with van der Waals surface area (Å²) in [5.41, 5.74) is 0.376. The third kappa shape index (κ3) is 3.87. The molecule has 7 nitrogen and oxygen atoms in total. The van der Waals surface area contributed by atoms with E-state index in [2.05, 4.69) is 15.3 Å². The van der Waals surface area contributed by atoms with Crippen LogP contribution in [0, 0.1) is 19.7 Å². The summed E-state index contributed by atoms with van der Waals surface area (Å²) >= 11 is 1.03. The molecule has 1 atom stereocenters. The van der Waals surface area contributed by atoms with Crippen molar-refractivity contribution >= 4 is 39.1 Å². The summed E-state index contributed by atoms with van der Waals surface area (Å²) in [6.45, 7) is 4.68. The fourth-order valence-corrected chi connectivity index (χ4v) is 3.63. The van der Waals surface area contributed by atoms with Crippen LogP contribution in [0.1, 0.15) is 28.0 Å². The molecule has 0 bridgehead atoms.